The number of nitrogens with zero attached hydrogens (tertiary/aromatic N) is 1. The van der Waals surface area contributed by atoms with Crippen molar-refractivity contribution >= 4 is 16.2 Å². The number of benzene rings is 1. The molecule has 35 heavy (non-hydrogen) atoms. The van der Waals surface area contributed by atoms with Crippen LogP contribution in [-0.2, 0) is 23.4 Å². The highest BCUT2D eigenvalue weighted by Crippen LogP contribution is 2.39. The van der Waals surface area contributed by atoms with E-state index in [0.717, 1.165) is 68.6 Å². The topological polar surface area (TPSA) is 98.9 Å². The van der Waals surface area contributed by atoms with Gasteiger partial charge < -0.3 is 9.29 Å². The Morgan fingerprint density at radius 1 is 1.09 bits per heavy atom. The number of nitrogens with one attached hydrogen (secondary N) is 1. The molecule has 2 heterocycles. The van der Waals surface area contributed by atoms with Crippen molar-refractivity contribution < 1.29 is 26.8 Å². The van der Waals surface area contributed by atoms with E-state index in [4.69, 9.17) is 4.18 Å². The van der Waals surface area contributed by atoms with E-state index < -0.39 is 10.4 Å². The summed E-state index contributed by atoms with van der Waals surface area (Å²) < 4.78 is 40.0. The zero-order chi connectivity index (χ0) is 25.6. The van der Waals surface area contributed by atoms with Gasteiger partial charge in [0.15, 0.2) is 5.75 Å². The Morgan fingerprint density at radius 3 is 2.46 bits per heavy atom. The largest absolute Gasteiger partial charge is 0.507 e. The Morgan fingerprint density at radius 2 is 1.77 bits per heavy atom. The first-order chi connectivity index (χ1) is 16.5. The number of phenols is 1. The molecule has 2 aliphatic rings. The Kier molecular flexibility index (Phi) is 9.19. The average molecular weight is 504 g/mol. The maximum atomic E-state index is 11.7. The SMILES string of the molecule is CC(C)=CCCC(C)=CCCC(C)=CCc1c(O)cc2c(c1OS(=O)(=O)O)C[N+]1=C2NCCCC1. The quantitative estimate of drug-likeness (QED) is 0.231. The van der Waals surface area contributed by atoms with Gasteiger partial charge in [-0.15, -0.1) is 0 Å². The van der Waals surface area contributed by atoms with Gasteiger partial charge in [-0.2, -0.15) is 8.42 Å². The highest BCUT2D eigenvalue weighted by molar-refractivity contribution is 7.81. The van der Waals surface area contributed by atoms with Crippen LogP contribution in [0.25, 0.3) is 0 Å². The Balaban J connectivity index is 1.77. The highest BCUT2D eigenvalue weighted by Gasteiger charge is 2.35. The number of amidine groups is 1. The van der Waals surface area contributed by atoms with E-state index in [0.29, 0.717) is 24.1 Å². The number of hydrogen-bond acceptors (Lipinski definition) is 5. The van der Waals surface area contributed by atoms with Crippen molar-refractivity contribution in [1.82, 2.24) is 5.32 Å². The van der Waals surface area contributed by atoms with Gasteiger partial charge in [0.1, 0.15) is 12.3 Å². The molecule has 0 radical (unpaired) electrons. The van der Waals surface area contributed by atoms with Gasteiger partial charge in [-0.1, -0.05) is 34.9 Å². The molecule has 1 aromatic rings. The molecule has 0 saturated heterocycles. The van der Waals surface area contributed by atoms with E-state index in [1.165, 1.54) is 11.1 Å². The minimum Gasteiger partial charge on any atom is -0.507 e. The van der Waals surface area contributed by atoms with Crippen molar-refractivity contribution in [3.05, 3.63) is 57.7 Å². The van der Waals surface area contributed by atoms with E-state index in [9.17, 15) is 18.1 Å². The highest BCUT2D eigenvalue weighted by atomic mass is 32.3. The fourth-order valence-corrected chi connectivity index (χ4v) is 5.00. The molecule has 0 bridgehead atoms. The second-order valence-electron chi connectivity index (χ2n) is 9.81. The molecule has 0 spiro atoms. The smallest absolute Gasteiger partial charge is 0.446 e. The molecule has 3 N–H and O–H groups in total. The summed E-state index contributed by atoms with van der Waals surface area (Å²) in [6.07, 6.45) is 12.8. The van der Waals surface area contributed by atoms with Crippen molar-refractivity contribution in [1.29, 1.82) is 0 Å². The molecule has 7 nitrogen and oxygen atoms in total. The van der Waals surface area contributed by atoms with Crippen LogP contribution in [-0.4, -0.2) is 41.6 Å². The van der Waals surface area contributed by atoms with Crippen LogP contribution >= 0.6 is 0 Å². The van der Waals surface area contributed by atoms with Crippen LogP contribution < -0.4 is 9.50 Å². The lowest BCUT2D eigenvalue weighted by molar-refractivity contribution is -0.540. The molecule has 0 fully saturated rings. The van der Waals surface area contributed by atoms with Gasteiger partial charge in [0, 0.05) is 5.56 Å². The lowest BCUT2D eigenvalue weighted by Gasteiger charge is -2.14. The molecular formula is C27H39N2O5S+. The molecule has 8 heteroatoms. The zero-order valence-corrected chi connectivity index (χ0v) is 22.2. The molecule has 0 amide bonds. The fraction of sp³-hybridized carbons (Fsp3) is 0.519. The summed E-state index contributed by atoms with van der Waals surface area (Å²) in [6, 6.07) is 1.68. The summed E-state index contributed by atoms with van der Waals surface area (Å²) in [6.45, 7) is 10.5. The van der Waals surface area contributed by atoms with Gasteiger partial charge in [0.25, 0.3) is 5.84 Å². The Bertz CT molecular complexity index is 1170. The molecule has 1 aromatic carbocycles. The third kappa shape index (κ3) is 7.70. The molecule has 0 saturated carbocycles. The summed E-state index contributed by atoms with van der Waals surface area (Å²) in [4.78, 5) is 0. The van der Waals surface area contributed by atoms with E-state index >= 15 is 0 Å². The molecule has 0 aromatic heterocycles. The summed E-state index contributed by atoms with van der Waals surface area (Å²) in [5, 5.41) is 14.2. The fourth-order valence-electron chi connectivity index (χ4n) is 4.59. The minimum absolute atomic E-state index is 0.0314. The third-order valence-corrected chi connectivity index (χ3v) is 6.87. The van der Waals surface area contributed by atoms with Crippen LogP contribution in [0.1, 0.15) is 82.9 Å². The van der Waals surface area contributed by atoms with E-state index in [1.54, 1.807) is 6.07 Å². The first-order valence-electron chi connectivity index (χ1n) is 12.4. The van der Waals surface area contributed by atoms with E-state index in [2.05, 4.69) is 42.8 Å². The third-order valence-electron chi connectivity index (χ3n) is 6.50. The van der Waals surface area contributed by atoms with Crippen molar-refractivity contribution in [2.45, 2.75) is 79.2 Å². The molecule has 0 unspecified atom stereocenters. The minimum atomic E-state index is -4.75. The van der Waals surface area contributed by atoms with Gasteiger partial charge in [0.05, 0.1) is 24.2 Å². The molecular weight excluding hydrogens is 464 g/mol. The van der Waals surface area contributed by atoms with Crippen LogP contribution in [0.15, 0.2) is 41.0 Å². The first-order valence-corrected chi connectivity index (χ1v) is 13.8. The average Bonchev–Trinajstić information content (AvgIpc) is 2.93. The Hall–Kier alpha value is -2.58. The Labute approximate surface area is 209 Å². The van der Waals surface area contributed by atoms with E-state index in [-0.39, 0.29) is 11.5 Å². The van der Waals surface area contributed by atoms with Crippen molar-refractivity contribution in [3.63, 3.8) is 0 Å². The van der Waals surface area contributed by atoms with Gasteiger partial charge in [0.2, 0.25) is 0 Å². The monoisotopic (exact) mass is 503 g/mol. The van der Waals surface area contributed by atoms with Crippen molar-refractivity contribution in [3.8, 4) is 11.5 Å². The van der Waals surface area contributed by atoms with Crippen molar-refractivity contribution in [2.75, 3.05) is 13.1 Å². The molecule has 2 aliphatic heterocycles. The summed E-state index contributed by atoms with van der Waals surface area (Å²) in [7, 11) is -4.75. The van der Waals surface area contributed by atoms with Gasteiger partial charge >= 0.3 is 10.4 Å². The molecule has 192 valence electrons. The maximum Gasteiger partial charge on any atom is 0.446 e. The molecule has 3 rings (SSSR count). The number of allylic oxidation sites excluding steroid dienone is 6. The van der Waals surface area contributed by atoms with Crippen molar-refractivity contribution in [2.24, 2.45) is 0 Å². The second kappa shape index (κ2) is 11.9. The normalized spacial score (nSPS) is 16.4. The van der Waals surface area contributed by atoms with Gasteiger partial charge in [-0.3, -0.25) is 14.4 Å². The number of rotatable bonds is 10. The number of hydrogen-bond donors (Lipinski definition) is 3. The van der Waals surface area contributed by atoms with Crippen LogP contribution in [0.4, 0.5) is 0 Å². The maximum absolute atomic E-state index is 11.7. The summed E-state index contributed by atoms with van der Waals surface area (Å²) in [5.41, 5.74) is 5.61. The standard InChI is InChI=1S/C27H38N2O5S/c1-19(2)9-7-10-20(3)11-8-12-21(4)13-14-22-25(30)17-23-24(26(22)34-35(31,32)33)18-29-16-6-5-15-28-27(23)29/h9,11,13,17H,5-8,10,12,14-16,18H2,1-4H3,(H2,30,31,32,33)/p+1. The van der Waals surface area contributed by atoms with Crippen LogP contribution in [0.5, 0.6) is 11.5 Å². The number of aromatic hydroxyl groups is 1. The molecule has 0 atom stereocenters. The van der Waals surface area contributed by atoms with Crippen LogP contribution in [0, 0.1) is 0 Å². The predicted molar refractivity (Wildman–Crippen MR) is 140 cm³/mol. The van der Waals surface area contributed by atoms with E-state index in [1.807, 2.05) is 13.0 Å². The summed E-state index contributed by atoms with van der Waals surface area (Å²) in [5.74, 6) is 0.865. The lowest BCUT2D eigenvalue weighted by atomic mass is 9.98. The zero-order valence-electron chi connectivity index (χ0n) is 21.4. The van der Waals surface area contributed by atoms with Gasteiger partial charge in [-0.25, -0.2) is 0 Å². The van der Waals surface area contributed by atoms with Crippen LogP contribution in [0.3, 0.4) is 0 Å². The predicted octanol–water partition coefficient (Wildman–Crippen LogP) is 5.19. The molecule has 0 aliphatic carbocycles. The summed E-state index contributed by atoms with van der Waals surface area (Å²) >= 11 is 0. The lowest BCUT2D eigenvalue weighted by Crippen LogP contribution is -2.28. The first kappa shape index (κ1) is 27.0. The van der Waals surface area contributed by atoms with Crippen LogP contribution in [0.2, 0.25) is 0 Å². The number of fused-ring (bicyclic) bond motifs is 2. The number of phenolic OH excluding ortho intramolecular Hbond substituents is 1. The van der Waals surface area contributed by atoms with Gasteiger partial charge in [-0.05, 0) is 78.7 Å². The second-order valence-corrected chi connectivity index (χ2v) is 10.8.